The second-order valence-electron chi connectivity index (χ2n) is 3.92. The summed E-state index contributed by atoms with van der Waals surface area (Å²) in [5.74, 6) is 0.932. The van der Waals surface area contributed by atoms with Gasteiger partial charge in [0.25, 0.3) is 5.69 Å². The topological polar surface area (TPSA) is 87.6 Å². The molecular weight excluding hydrogens is 224 g/mol. The standard InChI is InChI=1S/C11H14N2O4/c1-2-3-8(12)7-4-10-11(17-6-16-10)5-9(7)13(14)15/h4-5,8H,2-3,6,12H2,1H3/t8-/m0/s1. The third-order valence-electron chi connectivity index (χ3n) is 2.72. The average Bonchev–Trinajstić information content (AvgIpc) is 2.74. The van der Waals surface area contributed by atoms with Gasteiger partial charge in [-0.05, 0) is 12.5 Å². The van der Waals surface area contributed by atoms with Gasteiger partial charge in [-0.25, -0.2) is 0 Å². The summed E-state index contributed by atoms with van der Waals surface area (Å²) < 4.78 is 10.3. The van der Waals surface area contributed by atoms with Crippen LogP contribution in [-0.2, 0) is 0 Å². The fraction of sp³-hybridized carbons (Fsp3) is 0.455. The Hall–Kier alpha value is -1.82. The van der Waals surface area contributed by atoms with E-state index < -0.39 is 4.92 Å². The van der Waals surface area contributed by atoms with Gasteiger partial charge < -0.3 is 15.2 Å². The molecule has 0 aromatic heterocycles. The largest absolute Gasteiger partial charge is 0.454 e. The molecule has 1 aliphatic rings. The molecule has 0 bridgehead atoms. The van der Waals surface area contributed by atoms with Crippen LogP contribution in [0.3, 0.4) is 0 Å². The molecule has 1 aliphatic heterocycles. The van der Waals surface area contributed by atoms with Gasteiger partial charge in [0.05, 0.1) is 16.6 Å². The molecule has 17 heavy (non-hydrogen) atoms. The van der Waals surface area contributed by atoms with Crippen molar-refractivity contribution in [1.82, 2.24) is 0 Å². The predicted octanol–water partition coefficient (Wildman–Crippen LogP) is 2.12. The highest BCUT2D eigenvalue weighted by atomic mass is 16.7. The maximum atomic E-state index is 11.0. The molecule has 1 aromatic rings. The molecule has 0 amide bonds. The lowest BCUT2D eigenvalue weighted by molar-refractivity contribution is -0.385. The number of rotatable bonds is 4. The monoisotopic (exact) mass is 238 g/mol. The van der Waals surface area contributed by atoms with Gasteiger partial charge in [-0.1, -0.05) is 13.3 Å². The number of hydrogen-bond donors (Lipinski definition) is 1. The second-order valence-corrected chi connectivity index (χ2v) is 3.92. The lowest BCUT2D eigenvalue weighted by atomic mass is 10.0. The van der Waals surface area contributed by atoms with Crippen LogP contribution in [-0.4, -0.2) is 11.7 Å². The molecule has 0 saturated carbocycles. The highest BCUT2D eigenvalue weighted by molar-refractivity contribution is 5.56. The minimum atomic E-state index is -0.438. The molecule has 2 N–H and O–H groups in total. The molecule has 92 valence electrons. The Kier molecular flexibility index (Phi) is 3.14. The van der Waals surface area contributed by atoms with Crippen LogP contribution >= 0.6 is 0 Å². The van der Waals surface area contributed by atoms with E-state index in [2.05, 4.69) is 0 Å². The Balaban J connectivity index is 2.45. The van der Waals surface area contributed by atoms with Crippen LogP contribution in [0.25, 0.3) is 0 Å². The zero-order chi connectivity index (χ0) is 12.4. The van der Waals surface area contributed by atoms with Crippen LogP contribution in [0, 0.1) is 10.1 Å². The Morgan fingerprint density at radius 1 is 1.47 bits per heavy atom. The van der Waals surface area contributed by atoms with Crippen molar-refractivity contribution in [2.45, 2.75) is 25.8 Å². The Morgan fingerprint density at radius 3 is 2.71 bits per heavy atom. The van der Waals surface area contributed by atoms with E-state index in [-0.39, 0.29) is 18.5 Å². The summed E-state index contributed by atoms with van der Waals surface area (Å²) >= 11 is 0. The number of nitrogens with two attached hydrogens (primary N) is 1. The second kappa shape index (κ2) is 4.58. The molecule has 2 rings (SSSR count). The van der Waals surface area contributed by atoms with Gasteiger partial charge in [0, 0.05) is 6.04 Å². The van der Waals surface area contributed by atoms with E-state index in [1.54, 1.807) is 6.07 Å². The van der Waals surface area contributed by atoms with Crippen molar-refractivity contribution < 1.29 is 14.4 Å². The molecule has 0 aliphatic carbocycles. The summed E-state index contributed by atoms with van der Waals surface area (Å²) in [7, 11) is 0. The lowest BCUT2D eigenvalue weighted by Gasteiger charge is -2.11. The Morgan fingerprint density at radius 2 is 2.12 bits per heavy atom. The summed E-state index contributed by atoms with van der Waals surface area (Å²) in [5.41, 5.74) is 6.43. The Labute approximate surface area is 98.5 Å². The van der Waals surface area contributed by atoms with Crippen molar-refractivity contribution in [3.05, 3.63) is 27.8 Å². The summed E-state index contributed by atoms with van der Waals surface area (Å²) in [5, 5.41) is 11.0. The van der Waals surface area contributed by atoms with E-state index in [4.69, 9.17) is 15.2 Å². The van der Waals surface area contributed by atoms with Crippen LogP contribution in [0.5, 0.6) is 11.5 Å². The van der Waals surface area contributed by atoms with Gasteiger partial charge in [0.2, 0.25) is 6.79 Å². The summed E-state index contributed by atoms with van der Waals surface area (Å²) in [6.45, 7) is 2.08. The van der Waals surface area contributed by atoms with E-state index in [0.29, 0.717) is 23.5 Å². The number of fused-ring (bicyclic) bond motifs is 1. The first kappa shape index (κ1) is 11.7. The number of benzene rings is 1. The molecule has 1 atom stereocenters. The minimum absolute atomic E-state index is 0.00444. The number of nitro groups is 1. The van der Waals surface area contributed by atoms with E-state index in [1.165, 1.54) is 6.07 Å². The first-order valence-corrected chi connectivity index (χ1v) is 5.47. The molecule has 0 unspecified atom stereocenters. The van der Waals surface area contributed by atoms with Crippen molar-refractivity contribution in [3.63, 3.8) is 0 Å². The summed E-state index contributed by atoms with van der Waals surface area (Å²) in [6.07, 6.45) is 1.56. The number of hydrogen-bond acceptors (Lipinski definition) is 5. The molecule has 6 heteroatoms. The zero-order valence-electron chi connectivity index (χ0n) is 9.51. The fourth-order valence-electron chi connectivity index (χ4n) is 1.87. The van der Waals surface area contributed by atoms with Crippen LogP contribution in [0.2, 0.25) is 0 Å². The maximum absolute atomic E-state index is 11.0. The number of ether oxygens (including phenoxy) is 2. The first-order chi connectivity index (χ1) is 8.13. The number of nitro benzene ring substituents is 1. The molecule has 0 fully saturated rings. The molecule has 1 heterocycles. The van der Waals surface area contributed by atoms with Gasteiger partial charge in [-0.2, -0.15) is 0 Å². The molecule has 1 aromatic carbocycles. The van der Waals surface area contributed by atoms with Gasteiger partial charge in [-0.15, -0.1) is 0 Å². The van der Waals surface area contributed by atoms with E-state index in [9.17, 15) is 10.1 Å². The summed E-state index contributed by atoms with van der Waals surface area (Å²) in [4.78, 5) is 10.5. The van der Waals surface area contributed by atoms with Gasteiger partial charge in [0.15, 0.2) is 11.5 Å². The van der Waals surface area contributed by atoms with Crippen molar-refractivity contribution in [2.75, 3.05) is 6.79 Å². The lowest BCUT2D eigenvalue weighted by Crippen LogP contribution is -2.12. The van der Waals surface area contributed by atoms with Crippen LogP contribution in [0.15, 0.2) is 12.1 Å². The third kappa shape index (κ3) is 2.16. The number of nitrogens with zero attached hydrogens (tertiary/aromatic N) is 1. The quantitative estimate of drug-likeness (QED) is 0.641. The van der Waals surface area contributed by atoms with Crippen LogP contribution in [0.4, 0.5) is 5.69 Å². The van der Waals surface area contributed by atoms with E-state index in [0.717, 1.165) is 6.42 Å². The van der Waals surface area contributed by atoms with Crippen molar-refractivity contribution in [3.8, 4) is 11.5 Å². The third-order valence-corrected chi connectivity index (χ3v) is 2.72. The van der Waals surface area contributed by atoms with Gasteiger partial charge >= 0.3 is 0 Å². The average molecular weight is 238 g/mol. The van der Waals surface area contributed by atoms with Crippen molar-refractivity contribution in [1.29, 1.82) is 0 Å². The minimum Gasteiger partial charge on any atom is -0.454 e. The first-order valence-electron chi connectivity index (χ1n) is 5.47. The van der Waals surface area contributed by atoms with Crippen molar-refractivity contribution in [2.24, 2.45) is 5.73 Å². The van der Waals surface area contributed by atoms with E-state index >= 15 is 0 Å². The Bertz CT molecular complexity index is 447. The van der Waals surface area contributed by atoms with Gasteiger partial charge in [-0.3, -0.25) is 10.1 Å². The highest BCUT2D eigenvalue weighted by Crippen LogP contribution is 2.40. The maximum Gasteiger partial charge on any atom is 0.278 e. The smallest absolute Gasteiger partial charge is 0.278 e. The van der Waals surface area contributed by atoms with Crippen LogP contribution in [0.1, 0.15) is 31.4 Å². The fourth-order valence-corrected chi connectivity index (χ4v) is 1.87. The van der Waals surface area contributed by atoms with Crippen LogP contribution < -0.4 is 15.2 Å². The zero-order valence-corrected chi connectivity index (χ0v) is 9.51. The SMILES string of the molecule is CCC[C@H](N)c1cc2c(cc1[N+](=O)[O-])OCO2. The molecule has 0 saturated heterocycles. The molecule has 0 radical (unpaired) electrons. The highest BCUT2D eigenvalue weighted by Gasteiger charge is 2.25. The predicted molar refractivity (Wildman–Crippen MR) is 61.1 cm³/mol. The van der Waals surface area contributed by atoms with E-state index in [1.807, 2.05) is 6.92 Å². The molecule has 0 spiro atoms. The molecular formula is C11H14N2O4. The molecule has 6 nitrogen and oxygen atoms in total. The van der Waals surface area contributed by atoms with Crippen molar-refractivity contribution >= 4 is 5.69 Å². The van der Waals surface area contributed by atoms with Gasteiger partial charge in [0.1, 0.15) is 0 Å². The summed E-state index contributed by atoms with van der Waals surface area (Å²) in [6, 6.07) is 2.64. The normalized spacial score (nSPS) is 14.7.